The van der Waals surface area contributed by atoms with Crippen LogP contribution in [0.15, 0.2) is 4.79 Å². The van der Waals surface area contributed by atoms with E-state index < -0.39 is 35.4 Å². The van der Waals surface area contributed by atoms with Crippen molar-refractivity contribution in [1.29, 1.82) is 0 Å². The van der Waals surface area contributed by atoms with Crippen molar-refractivity contribution in [2.24, 2.45) is 0 Å². The molecular formula is C13H13N3O5S. The van der Waals surface area contributed by atoms with Crippen LogP contribution < -0.4 is 10.9 Å². The van der Waals surface area contributed by atoms with Crippen LogP contribution >= 0.6 is 11.3 Å². The molecule has 3 N–H and O–H groups in total. The Labute approximate surface area is 128 Å². The van der Waals surface area contributed by atoms with E-state index in [1.807, 2.05) is 0 Å². The fourth-order valence-corrected chi connectivity index (χ4v) is 3.75. The maximum Gasteiger partial charge on any atom is 0.322 e. The number of aliphatic carboxylic acids is 1. The molecule has 22 heavy (non-hydrogen) atoms. The third kappa shape index (κ3) is 2.33. The van der Waals surface area contributed by atoms with Crippen molar-refractivity contribution < 1.29 is 19.8 Å². The Bertz CT molecular complexity index is 838. The monoisotopic (exact) mass is 323 g/mol. The van der Waals surface area contributed by atoms with Gasteiger partial charge in [0.15, 0.2) is 10.5 Å². The van der Waals surface area contributed by atoms with Crippen molar-refractivity contribution in [2.45, 2.75) is 25.7 Å². The number of thiazole rings is 1. The standard InChI is InChI=1S/C13H13N3O5S/c17-8(18)5-14-10(19)9-11(20)15-13-16(12(9)21)6-3-1-2-4-7(6)22-13/h20H,1-5H2,(H,14,19)(H,17,18). The lowest BCUT2D eigenvalue weighted by Gasteiger charge is -2.10. The van der Waals surface area contributed by atoms with Gasteiger partial charge in [-0.05, 0) is 25.7 Å². The summed E-state index contributed by atoms with van der Waals surface area (Å²) in [7, 11) is 0. The third-order valence-corrected chi connectivity index (χ3v) is 4.68. The van der Waals surface area contributed by atoms with Gasteiger partial charge in [-0.1, -0.05) is 0 Å². The van der Waals surface area contributed by atoms with Gasteiger partial charge in [0.2, 0.25) is 5.88 Å². The van der Waals surface area contributed by atoms with Crippen molar-refractivity contribution in [1.82, 2.24) is 14.7 Å². The summed E-state index contributed by atoms with van der Waals surface area (Å²) in [6.07, 6.45) is 3.56. The molecular weight excluding hydrogens is 310 g/mol. The first kappa shape index (κ1) is 14.5. The summed E-state index contributed by atoms with van der Waals surface area (Å²) in [5.74, 6) is -2.86. The van der Waals surface area contributed by atoms with Crippen molar-refractivity contribution in [2.75, 3.05) is 6.54 Å². The van der Waals surface area contributed by atoms with Gasteiger partial charge in [0.1, 0.15) is 6.54 Å². The minimum absolute atomic E-state index is 0.351. The largest absolute Gasteiger partial charge is 0.492 e. The molecule has 0 fully saturated rings. The van der Waals surface area contributed by atoms with Crippen LogP contribution in [0.5, 0.6) is 5.88 Å². The molecule has 9 heteroatoms. The quantitative estimate of drug-likeness (QED) is 0.739. The number of hydrogen-bond donors (Lipinski definition) is 3. The predicted octanol–water partition coefficient (Wildman–Crippen LogP) is 0.155. The maximum absolute atomic E-state index is 12.5. The summed E-state index contributed by atoms with van der Waals surface area (Å²) < 4.78 is 1.36. The number of carboxylic acids is 1. The highest BCUT2D eigenvalue weighted by Gasteiger charge is 2.25. The van der Waals surface area contributed by atoms with E-state index in [9.17, 15) is 19.5 Å². The Morgan fingerprint density at radius 2 is 2.05 bits per heavy atom. The van der Waals surface area contributed by atoms with Crippen LogP contribution in [0.1, 0.15) is 33.8 Å². The van der Waals surface area contributed by atoms with Crippen LogP contribution in [-0.4, -0.2) is 38.0 Å². The lowest BCUT2D eigenvalue weighted by atomic mass is 10.0. The number of carbonyl (C=O) groups is 2. The van der Waals surface area contributed by atoms with Crippen molar-refractivity contribution in [3.05, 3.63) is 26.5 Å². The van der Waals surface area contributed by atoms with Crippen molar-refractivity contribution >= 4 is 28.2 Å². The molecule has 0 spiro atoms. The van der Waals surface area contributed by atoms with Gasteiger partial charge in [-0.15, -0.1) is 11.3 Å². The average molecular weight is 323 g/mol. The first-order valence-electron chi connectivity index (χ1n) is 6.75. The fraction of sp³-hybridized carbons (Fsp3) is 0.385. The fourth-order valence-electron chi connectivity index (χ4n) is 2.56. The molecule has 3 rings (SSSR count). The molecule has 1 aliphatic rings. The molecule has 1 aliphatic carbocycles. The Balaban J connectivity index is 2.13. The van der Waals surface area contributed by atoms with E-state index in [1.165, 1.54) is 15.7 Å². The number of aromatic hydroxyl groups is 1. The zero-order valence-corrected chi connectivity index (χ0v) is 12.3. The number of fused-ring (bicyclic) bond motifs is 3. The molecule has 0 saturated carbocycles. The molecule has 0 radical (unpaired) electrons. The molecule has 0 saturated heterocycles. The third-order valence-electron chi connectivity index (χ3n) is 3.53. The van der Waals surface area contributed by atoms with Crippen LogP contribution in [0.2, 0.25) is 0 Å². The number of nitrogens with one attached hydrogen (secondary N) is 1. The minimum atomic E-state index is -1.24. The van der Waals surface area contributed by atoms with Crippen LogP contribution in [0, 0.1) is 0 Å². The highest BCUT2D eigenvalue weighted by molar-refractivity contribution is 7.17. The first-order chi connectivity index (χ1) is 10.5. The average Bonchev–Trinajstić information content (AvgIpc) is 2.83. The van der Waals surface area contributed by atoms with E-state index in [0.29, 0.717) is 4.96 Å². The Morgan fingerprint density at radius 3 is 2.77 bits per heavy atom. The molecule has 2 aromatic rings. The van der Waals surface area contributed by atoms with E-state index in [2.05, 4.69) is 10.3 Å². The molecule has 0 aliphatic heterocycles. The van der Waals surface area contributed by atoms with E-state index in [4.69, 9.17) is 5.11 Å². The maximum atomic E-state index is 12.5. The number of aromatic nitrogens is 2. The van der Waals surface area contributed by atoms with Gasteiger partial charge in [0, 0.05) is 10.6 Å². The summed E-state index contributed by atoms with van der Waals surface area (Å²) >= 11 is 1.33. The van der Waals surface area contributed by atoms with Gasteiger partial charge < -0.3 is 15.5 Å². The zero-order valence-electron chi connectivity index (χ0n) is 11.5. The highest BCUT2D eigenvalue weighted by Crippen LogP contribution is 2.29. The van der Waals surface area contributed by atoms with E-state index in [-0.39, 0.29) is 0 Å². The van der Waals surface area contributed by atoms with Crippen molar-refractivity contribution in [3.63, 3.8) is 0 Å². The number of nitrogens with zero attached hydrogens (tertiary/aromatic N) is 2. The van der Waals surface area contributed by atoms with Gasteiger partial charge in [0.25, 0.3) is 11.5 Å². The number of rotatable bonds is 3. The highest BCUT2D eigenvalue weighted by atomic mass is 32.1. The summed E-state index contributed by atoms with van der Waals surface area (Å²) in [5, 5.41) is 20.5. The second-order valence-electron chi connectivity index (χ2n) is 4.99. The number of carbonyl (C=O) groups excluding carboxylic acids is 1. The second kappa shape index (κ2) is 5.41. The van der Waals surface area contributed by atoms with Gasteiger partial charge in [0.05, 0.1) is 0 Å². The van der Waals surface area contributed by atoms with Crippen molar-refractivity contribution in [3.8, 4) is 5.88 Å². The molecule has 0 atom stereocenters. The van der Waals surface area contributed by atoms with Crippen LogP contribution in [0.25, 0.3) is 4.96 Å². The van der Waals surface area contributed by atoms with Gasteiger partial charge in [-0.2, -0.15) is 4.98 Å². The number of amides is 1. The first-order valence-corrected chi connectivity index (χ1v) is 7.57. The summed E-state index contributed by atoms with van der Waals surface area (Å²) in [5.41, 5.74) is -0.356. The van der Waals surface area contributed by atoms with Crippen LogP contribution in [0.3, 0.4) is 0 Å². The van der Waals surface area contributed by atoms with E-state index in [0.717, 1.165) is 36.3 Å². The van der Waals surface area contributed by atoms with Crippen LogP contribution in [-0.2, 0) is 17.6 Å². The van der Waals surface area contributed by atoms with E-state index in [1.54, 1.807) is 0 Å². The van der Waals surface area contributed by atoms with Crippen LogP contribution in [0.4, 0.5) is 0 Å². The van der Waals surface area contributed by atoms with Gasteiger partial charge >= 0.3 is 5.97 Å². The second-order valence-corrected chi connectivity index (χ2v) is 6.05. The lowest BCUT2D eigenvalue weighted by molar-refractivity contribution is -0.135. The summed E-state index contributed by atoms with van der Waals surface area (Å²) in [6.45, 7) is -0.637. The molecule has 0 aromatic carbocycles. The molecule has 2 aromatic heterocycles. The number of aryl methyl sites for hydroxylation is 2. The zero-order chi connectivity index (χ0) is 15.9. The Hall–Kier alpha value is -2.42. The topological polar surface area (TPSA) is 121 Å². The Kier molecular flexibility index (Phi) is 3.57. The van der Waals surface area contributed by atoms with E-state index >= 15 is 0 Å². The summed E-state index contributed by atoms with van der Waals surface area (Å²) in [6, 6.07) is 0. The molecule has 0 unspecified atom stereocenters. The molecule has 116 valence electrons. The summed E-state index contributed by atoms with van der Waals surface area (Å²) in [4.78, 5) is 40.3. The SMILES string of the molecule is O=C(O)CNC(=O)c1c(O)nc2sc3c(n2c1=O)CCCC3. The van der Waals surface area contributed by atoms with Gasteiger partial charge in [-0.25, -0.2) is 0 Å². The normalized spacial score (nSPS) is 13.8. The van der Waals surface area contributed by atoms with Gasteiger partial charge in [-0.3, -0.25) is 18.8 Å². The predicted molar refractivity (Wildman–Crippen MR) is 77.6 cm³/mol. The smallest absolute Gasteiger partial charge is 0.322 e. The lowest BCUT2D eigenvalue weighted by Crippen LogP contribution is -2.35. The minimum Gasteiger partial charge on any atom is -0.492 e. The molecule has 8 nitrogen and oxygen atoms in total. The Morgan fingerprint density at radius 1 is 1.32 bits per heavy atom. The molecule has 2 heterocycles. The number of carboxylic acid groups (broad SMARTS) is 1. The number of hydrogen-bond acceptors (Lipinski definition) is 6. The molecule has 0 bridgehead atoms. The molecule has 1 amide bonds.